The molecule has 2 aromatic rings. The minimum Gasteiger partial charge on any atom is -0.253 e. The molecule has 1 aromatic heterocycles. The highest BCUT2D eigenvalue weighted by atomic mass is 14.7. The summed E-state index contributed by atoms with van der Waals surface area (Å²) in [5.41, 5.74) is 3.86. The third-order valence-corrected chi connectivity index (χ3v) is 5.34. The van der Waals surface area contributed by atoms with Gasteiger partial charge in [-0.2, -0.15) is 0 Å². The van der Waals surface area contributed by atoms with Crippen molar-refractivity contribution in [1.29, 1.82) is 0 Å². The van der Waals surface area contributed by atoms with E-state index in [9.17, 15) is 0 Å². The van der Waals surface area contributed by atoms with Crippen molar-refractivity contribution in [2.24, 2.45) is 17.8 Å². The molecule has 1 saturated carbocycles. The quantitative estimate of drug-likeness (QED) is 0.686. The zero-order valence-electron chi connectivity index (χ0n) is 13.8. The summed E-state index contributed by atoms with van der Waals surface area (Å²) in [6, 6.07) is 10.9. The van der Waals surface area contributed by atoms with E-state index in [0.717, 1.165) is 23.3 Å². The second-order valence-corrected chi connectivity index (χ2v) is 7.31. The first-order chi connectivity index (χ1) is 10.1. The minimum absolute atomic E-state index is 0.636. The lowest BCUT2D eigenvalue weighted by molar-refractivity contribution is 0.194. The molecule has 0 saturated heterocycles. The van der Waals surface area contributed by atoms with Crippen LogP contribution in [0.25, 0.3) is 10.9 Å². The van der Waals surface area contributed by atoms with Crippen molar-refractivity contribution < 1.29 is 0 Å². The Balaban J connectivity index is 2.04. The average Bonchev–Trinajstić information content (AvgIpc) is 2.46. The Kier molecular flexibility index (Phi) is 4.01. The zero-order chi connectivity index (χ0) is 15.0. The van der Waals surface area contributed by atoms with Crippen LogP contribution in [0.5, 0.6) is 0 Å². The number of rotatable bonds is 2. The van der Waals surface area contributed by atoms with E-state index in [4.69, 9.17) is 4.98 Å². The number of para-hydroxylation sites is 1. The van der Waals surface area contributed by atoms with Crippen molar-refractivity contribution in [3.05, 3.63) is 41.6 Å². The van der Waals surface area contributed by atoms with Gasteiger partial charge in [0.05, 0.1) is 5.52 Å². The standard InChI is InChI=1S/C20H27N/c1-13(2)16-10-9-14(3)11-18(16)20-12-15(4)17-7-5-6-8-19(17)21-20/h5-8,12-14,16,18H,9-11H2,1-4H3. The molecule has 1 aliphatic carbocycles. The summed E-state index contributed by atoms with van der Waals surface area (Å²) >= 11 is 0. The fourth-order valence-electron chi connectivity index (χ4n) is 4.11. The Hall–Kier alpha value is -1.37. The Labute approximate surface area is 128 Å². The van der Waals surface area contributed by atoms with E-state index >= 15 is 0 Å². The van der Waals surface area contributed by atoms with Crippen molar-refractivity contribution in [3.63, 3.8) is 0 Å². The van der Waals surface area contributed by atoms with Gasteiger partial charge in [-0.1, -0.05) is 45.4 Å². The second-order valence-electron chi connectivity index (χ2n) is 7.31. The molecular weight excluding hydrogens is 254 g/mol. The predicted octanol–water partition coefficient (Wildman–Crippen LogP) is 5.72. The van der Waals surface area contributed by atoms with Crippen LogP contribution in [-0.4, -0.2) is 4.98 Å². The molecule has 1 nitrogen and oxygen atoms in total. The van der Waals surface area contributed by atoms with E-state index < -0.39 is 0 Å². The molecule has 0 bridgehead atoms. The van der Waals surface area contributed by atoms with E-state index in [0.29, 0.717) is 5.92 Å². The number of nitrogens with zero attached hydrogens (tertiary/aromatic N) is 1. The smallest absolute Gasteiger partial charge is 0.0708 e. The molecular formula is C20H27N. The van der Waals surface area contributed by atoms with Crippen molar-refractivity contribution in [2.45, 2.75) is 52.9 Å². The summed E-state index contributed by atoms with van der Waals surface area (Å²) in [5, 5.41) is 1.30. The van der Waals surface area contributed by atoms with Crippen LogP contribution >= 0.6 is 0 Å². The van der Waals surface area contributed by atoms with Gasteiger partial charge in [0.25, 0.3) is 0 Å². The molecule has 1 aliphatic rings. The number of hydrogen-bond acceptors (Lipinski definition) is 1. The number of aryl methyl sites for hydroxylation is 1. The molecule has 112 valence electrons. The molecule has 3 unspecified atom stereocenters. The van der Waals surface area contributed by atoms with Gasteiger partial charge in [-0.3, -0.25) is 4.98 Å². The molecule has 1 heterocycles. The fourth-order valence-corrected chi connectivity index (χ4v) is 4.11. The molecule has 1 fully saturated rings. The van der Waals surface area contributed by atoms with E-state index in [-0.39, 0.29) is 0 Å². The van der Waals surface area contributed by atoms with Gasteiger partial charge in [-0.25, -0.2) is 0 Å². The van der Waals surface area contributed by atoms with Crippen LogP contribution in [0.3, 0.4) is 0 Å². The number of benzene rings is 1. The van der Waals surface area contributed by atoms with Gasteiger partial charge in [0.2, 0.25) is 0 Å². The van der Waals surface area contributed by atoms with Crippen LogP contribution in [0.2, 0.25) is 0 Å². The van der Waals surface area contributed by atoms with Crippen molar-refractivity contribution in [2.75, 3.05) is 0 Å². The summed E-state index contributed by atoms with van der Waals surface area (Å²) in [7, 11) is 0. The molecule has 3 rings (SSSR count). The molecule has 0 aliphatic heterocycles. The first kappa shape index (κ1) is 14.6. The maximum atomic E-state index is 5.03. The Bertz CT molecular complexity index is 629. The number of aromatic nitrogens is 1. The monoisotopic (exact) mass is 281 g/mol. The van der Waals surface area contributed by atoms with Gasteiger partial charge in [0, 0.05) is 17.0 Å². The predicted molar refractivity (Wildman–Crippen MR) is 90.6 cm³/mol. The third-order valence-electron chi connectivity index (χ3n) is 5.34. The van der Waals surface area contributed by atoms with Crippen LogP contribution in [0.4, 0.5) is 0 Å². The van der Waals surface area contributed by atoms with Gasteiger partial charge in [0.1, 0.15) is 0 Å². The molecule has 0 N–H and O–H groups in total. The van der Waals surface area contributed by atoms with Crippen molar-refractivity contribution in [1.82, 2.24) is 4.98 Å². The Morgan fingerprint density at radius 2 is 1.90 bits per heavy atom. The van der Waals surface area contributed by atoms with Crippen LogP contribution in [0.15, 0.2) is 30.3 Å². The summed E-state index contributed by atoms with van der Waals surface area (Å²) in [5.74, 6) is 3.00. The van der Waals surface area contributed by atoms with Crippen LogP contribution < -0.4 is 0 Å². The fraction of sp³-hybridized carbons (Fsp3) is 0.550. The van der Waals surface area contributed by atoms with Gasteiger partial charge < -0.3 is 0 Å². The largest absolute Gasteiger partial charge is 0.253 e. The SMILES string of the molecule is Cc1cc(C2CC(C)CCC2C(C)C)nc2ccccc12. The lowest BCUT2D eigenvalue weighted by Gasteiger charge is -2.37. The van der Waals surface area contributed by atoms with E-state index in [2.05, 4.69) is 58.0 Å². The molecule has 0 radical (unpaired) electrons. The second kappa shape index (κ2) is 5.79. The van der Waals surface area contributed by atoms with Gasteiger partial charge >= 0.3 is 0 Å². The van der Waals surface area contributed by atoms with Gasteiger partial charge in [-0.15, -0.1) is 0 Å². The number of pyridine rings is 1. The first-order valence-electron chi connectivity index (χ1n) is 8.42. The molecule has 1 heteroatoms. The molecule has 1 aromatic carbocycles. The third kappa shape index (κ3) is 2.84. The Morgan fingerprint density at radius 1 is 1.14 bits per heavy atom. The lowest BCUT2D eigenvalue weighted by Crippen LogP contribution is -2.26. The number of hydrogen-bond donors (Lipinski definition) is 0. The van der Waals surface area contributed by atoms with E-state index in [1.807, 2.05) is 0 Å². The molecule has 21 heavy (non-hydrogen) atoms. The summed E-state index contributed by atoms with van der Waals surface area (Å²) in [6.07, 6.45) is 4.04. The number of fused-ring (bicyclic) bond motifs is 1. The summed E-state index contributed by atoms with van der Waals surface area (Å²) in [6.45, 7) is 9.38. The molecule has 0 spiro atoms. The zero-order valence-corrected chi connectivity index (χ0v) is 13.8. The van der Waals surface area contributed by atoms with Crippen LogP contribution in [0.1, 0.15) is 57.2 Å². The van der Waals surface area contributed by atoms with Gasteiger partial charge in [-0.05, 0) is 55.2 Å². The first-order valence-corrected chi connectivity index (χ1v) is 8.42. The maximum absolute atomic E-state index is 5.03. The molecule has 0 amide bonds. The minimum atomic E-state index is 0.636. The van der Waals surface area contributed by atoms with E-state index in [1.54, 1.807) is 0 Å². The highest BCUT2D eigenvalue weighted by Crippen LogP contribution is 2.43. The summed E-state index contributed by atoms with van der Waals surface area (Å²) < 4.78 is 0. The summed E-state index contributed by atoms with van der Waals surface area (Å²) in [4.78, 5) is 5.03. The van der Waals surface area contributed by atoms with Crippen molar-refractivity contribution >= 4 is 10.9 Å². The van der Waals surface area contributed by atoms with Gasteiger partial charge in [0.15, 0.2) is 0 Å². The topological polar surface area (TPSA) is 12.9 Å². The average molecular weight is 281 g/mol. The van der Waals surface area contributed by atoms with Crippen molar-refractivity contribution in [3.8, 4) is 0 Å². The van der Waals surface area contributed by atoms with Crippen LogP contribution in [-0.2, 0) is 0 Å². The normalized spacial score (nSPS) is 26.4. The Morgan fingerprint density at radius 3 is 2.67 bits per heavy atom. The van der Waals surface area contributed by atoms with E-state index in [1.165, 1.54) is 35.9 Å². The maximum Gasteiger partial charge on any atom is 0.0708 e. The highest BCUT2D eigenvalue weighted by Gasteiger charge is 2.32. The lowest BCUT2D eigenvalue weighted by atomic mass is 9.68. The highest BCUT2D eigenvalue weighted by molar-refractivity contribution is 5.82. The van der Waals surface area contributed by atoms with Crippen LogP contribution in [0, 0.1) is 24.7 Å². The molecule has 3 atom stereocenters.